The van der Waals surface area contributed by atoms with Gasteiger partial charge in [0.15, 0.2) is 0 Å². The molecule has 0 N–H and O–H groups in total. The van der Waals surface area contributed by atoms with E-state index in [0.29, 0.717) is 6.42 Å². The Hall–Kier alpha value is -0.730. The first-order valence-electron chi connectivity index (χ1n) is 2.88. The largest absolute Gasteiger partial charge is 0.550 e. The molecule has 0 rings (SSSR count). The first-order chi connectivity index (χ1) is 3.98. The van der Waals surface area contributed by atoms with Crippen molar-refractivity contribution in [1.29, 1.82) is 0 Å². The maximum atomic E-state index is 9.84. The maximum Gasteiger partial charge on any atom is 0.550 e. The molecule has 0 spiro atoms. The molecule has 0 aromatic carbocycles. The SMILES string of the molecule is CCC(C)(C)OC([O])=O. The van der Waals surface area contributed by atoms with E-state index in [1.165, 1.54) is 0 Å². The third kappa shape index (κ3) is 3.82. The Morgan fingerprint density at radius 3 is 2.11 bits per heavy atom. The molecule has 0 aromatic rings. The zero-order valence-corrected chi connectivity index (χ0v) is 5.93. The predicted molar refractivity (Wildman–Crippen MR) is 31.5 cm³/mol. The molecule has 0 aliphatic heterocycles. The lowest BCUT2D eigenvalue weighted by Gasteiger charge is -2.19. The third-order valence-corrected chi connectivity index (χ3v) is 1.21. The van der Waals surface area contributed by atoms with Gasteiger partial charge in [-0.15, -0.1) is 0 Å². The summed E-state index contributed by atoms with van der Waals surface area (Å²) in [6, 6.07) is 0. The summed E-state index contributed by atoms with van der Waals surface area (Å²) >= 11 is 0. The second kappa shape index (κ2) is 2.71. The fraction of sp³-hybridized carbons (Fsp3) is 0.833. The summed E-state index contributed by atoms with van der Waals surface area (Å²) in [6.45, 7) is 5.24. The Morgan fingerprint density at radius 2 is 2.00 bits per heavy atom. The van der Waals surface area contributed by atoms with E-state index in [-0.39, 0.29) is 0 Å². The van der Waals surface area contributed by atoms with Crippen LogP contribution in [0.4, 0.5) is 4.79 Å². The minimum Gasteiger partial charge on any atom is -0.426 e. The summed E-state index contributed by atoms with van der Waals surface area (Å²) < 4.78 is 4.39. The molecule has 0 saturated carbocycles. The van der Waals surface area contributed by atoms with Gasteiger partial charge in [0.2, 0.25) is 0 Å². The average Bonchev–Trinajstić information content (AvgIpc) is 1.63. The van der Waals surface area contributed by atoms with Crippen LogP contribution in [-0.2, 0) is 9.84 Å². The smallest absolute Gasteiger partial charge is 0.426 e. The Balaban J connectivity index is 3.71. The zero-order valence-electron chi connectivity index (χ0n) is 5.93. The summed E-state index contributed by atoms with van der Waals surface area (Å²) in [7, 11) is 0. The lowest BCUT2D eigenvalue weighted by molar-refractivity contribution is -0.0128. The van der Waals surface area contributed by atoms with E-state index in [2.05, 4.69) is 4.74 Å². The van der Waals surface area contributed by atoms with Gasteiger partial charge in [-0.05, 0) is 20.3 Å². The van der Waals surface area contributed by atoms with E-state index in [9.17, 15) is 9.90 Å². The molecule has 53 valence electrons. The minimum atomic E-state index is -1.46. The van der Waals surface area contributed by atoms with E-state index in [1.54, 1.807) is 13.8 Å². The normalized spacial score (nSPS) is 11.0. The van der Waals surface area contributed by atoms with E-state index in [1.807, 2.05) is 6.92 Å². The molecule has 0 atom stereocenters. The quantitative estimate of drug-likeness (QED) is 0.536. The fourth-order valence-electron chi connectivity index (χ4n) is 0.298. The molecule has 0 fully saturated rings. The average molecular weight is 131 g/mol. The zero-order chi connectivity index (χ0) is 7.49. The molecule has 3 heteroatoms. The van der Waals surface area contributed by atoms with Crippen LogP contribution in [0.25, 0.3) is 0 Å². The molecule has 9 heavy (non-hydrogen) atoms. The number of hydrogen-bond donors (Lipinski definition) is 0. The Morgan fingerprint density at radius 1 is 1.56 bits per heavy atom. The van der Waals surface area contributed by atoms with Gasteiger partial charge < -0.3 is 4.74 Å². The van der Waals surface area contributed by atoms with Crippen molar-refractivity contribution >= 4 is 6.16 Å². The predicted octanol–water partition coefficient (Wildman–Crippen LogP) is 1.74. The van der Waals surface area contributed by atoms with Gasteiger partial charge >= 0.3 is 6.16 Å². The van der Waals surface area contributed by atoms with Gasteiger partial charge in [-0.2, -0.15) is 9.90 Å². The van der Waals surface area contributed by atoms with Gasteiger partial charge in [-0.25, -0.2) is 0 Å². The molecule has 3 nitrogen and oxygen atoms in total. The lowest BCUT2D eigenvalue weighted by Crippen LogP contribution is -2.25. The third-order valence-electron chi connectivity index (χ3n) is 1.21. The van der Waals surface area contributed by atoms with Gasteiger partial charge in [0.25, 0.3) is 0 Å². The van der Waals surface area contributed by atoms with Crippen molar-refractivity contribution in [2.75, 3.05) is 0 Å². The number of ether oxygens (including phenoxy) is 1. The van der Waals surface area contributed by atoms with Crippen LogP contribution in [0.3, 0.4) is 0 Å². The van der Waals surface area contributed by atoms with Crippen molar-refractivity contribution in [3.63, 3.8) is 0 Å². The van der Waals surface area contributed by atoms with Crippen LogP contribution in [0, 0.1) is 0 Å². The van der Waals surface area contributed by atoms with Crippen LogP contribution in [-0.4, -0.2) is 11.8 Å². The molecule has 1 radical (unpaired) electrons. The van der Waals surface area contributed by atoms with Crippen molar-refractivity contribution in [3.8, 4) is 0 Å². The van der Waals surface area contributed by atoms with Crippen LogP contribution in [0.15, 0.2) is 0 Å². The highest BCUT2D eigenvalue weighted by Crippen LogP contribution is 2.12. The molecular weight excluding hydrogens is 120 g/mol. The Kier molecular flexibility index (Phi) is 2.49. The molecule has 0 unspecified atom stereocenters. The van der Waals surface area contributed by atoms with Crippen LogP contribution in [0.1, 0.15) is 27.2 Å². The van der Waals surface area contributed by atoms with Crippen molar-refractivity contribution < 1.29 is 14.6 Å². The molecule has 0 aliphatic rings. The van der Waals surface area contributed by atoms with Crippen molar-refractivity contribution in [2.24, 2.45) is 0 Å². The van der Waals surface area contributed by atoms with Crippen LogP contribution in [0.5, 0.6) is 0 Å². The monoisotopic (exact) mass is 131 g/mol. The van der Waals surface area contributed by atoms with E-state index in [0.717, 1.165) is 0 Å². The highest BCUT2D eigenvalue weighted by Gasteiger charge is 2.20. The van der Waals surface area contributed by atoms with Crippen LogP contribution >= 0.6 is 0 Å². The molecule has 0 saturated heterocycles. The highest BCUT2D eigenvalue weighted by molar-refractivity contribution is 5.56. The van der Waals surface area contributed by atoms with Crippen molar-refractivity contribution in [3.05, 3.63) is 0 Å². The molecule has 0 bridgehead atoms. The fourth-order valence-corrected chi connectivity index (χ4v) is 0.298. The molecule has 0 aliphatic carbocycles. The number of carbonyl (C=O) groups is 1. The summed E-state index contributed by atoms with van der Waals surface area (Å²) in [4.78, 5) is 9.84. The second-order valence-electron chi connectivity index (χ2n) is 2.47. The summed E-state index contributed by atoms with van der Waals surface area (Å²) in [5, 5.41) is 9.84. The summed E-state index contributed by atoms with van der Waals surface area (Å²) in [5.74, 6) is 0. The summed E-state index contributed by atoms with van der Waals surface area (Å²) in [6.07, 6.45) is -0.803. The Labute approximate surface area is 54.6 Å². The summed E-state index contributed by atoms with van der Waals surface area (Å²) in [5.41, 5.74) is -0.598. The topological polar surface area (TPSA) is 46.2 Å². The standard InChI is InChI=1S/C6H11O3/c1-4-6(2,3)9-5(7)8/h4H2,1-3H3. The first-order valence-corrected chi connectivity index (χ1v) is 2.88. The van der Waals surface area contributed by atoms with Gasteiger partial charge in [-0.1, -0.05) is 6.92 Å². The van der Waals surface area contributed by atoms with Crippen molar-refractivity contribution in [2.45, 2.75) is 32.8 Å². The minimum absolute atomic E-state index is 0.598. The number of hydrogen-bond acceptors (Lipinski definition) is 2. The molecule has 0 aromatic heterocycles. The maximum absolute atomic E-state index is 9.84. The highest BCUT2D eigenvalue weighted by atomic mass is 16.7. The number of carbonyl (C=O) groups excluding carboxylic acids is 1. The number of rotatable bonds is 2. The van der Waals surface area contributed by atoms with E-state index < -0.39 is 11.8 Å². The molecular formula is C6H11O3. The molecule has 0 heterocycles. The first kappa shape index (κ1) is 8.27. The lowest BCUT2D eigenvalue weighted by atomic mass is 10.1. The van der Waals surface area contributed by atoms with Crippen LogP contribution < -0.4 is 0 Å². The van der Waals surface area contributed by atoms with E-state index in [4.69, 9.17) is 0 Å². The van der Waals surface area contributed by atoms with Crippen LogP contribution in [0.2, 0.25) is 0 Å². The van der Waals surface area contributed by atoms with Crippen molar-refractivity contribution in [1.82, 2.24) is 0 Å². The van der Waals surface area contributed by atoms with Gasteiger partial charge in [0.1, 0.15) is 5.60 Å². The molecule has 0 amide bonds. The van der Waals surface area contributed by atoms with Gasteiger partial charge in [-0.3, -0.25) is 0 Å². The van der Waals surface area contributed by atoms with Gasteiger partial charge in [0, 0.05) is 0 Å². The Bertz CT molecular complexity index is 107. The second-order valence-corrected chi connectivity index (χ2v) is 2.47. The van der Waals surface area contributed by atoms with E-state index >= 15 is 0 Å². The van der Waals surface area contributed by atoms with Gasteiger partial charge in [0.05, 0.1) is 0 Å².